The minimum Gasteiger partial charge on any atom is -0.465 e. The van der Waals surface area contributed by atoms with E-state index < -0.39 is 31.0 Å². The van der Waals surface area contributed by atoms with Gasteiger partial charge in [-0.3, -0.25) is 24.1 Å². The second-order valence-electron chi connectivity index (χ2n) is 9.02. The molecule has 3 aliphatic rings. The molecule has 1 N–H and O–H groups in total. The van der Waals surface area contributed by atoms with Crippen LogP contribution in [0.25, 0.3) is 0 Å². The van der Waals surface area contributed by atoms with Crippen LogP contribution >= 0.6 is 11.3 Å². The molecule has 2 fully saturated rings. The van der Waals surface area contributed by atoms with Crippen molar-refractivity contribution >= 4 is 46.0 Å². The Hall–Kier alpha value is -2.75. The number of methoxy groups -OCH3 is 1. The van der Waals surface area contributed by atoms with E-state index in [0.29, 0.717) is 29.3 Å². The summed E-state index contributed by atoms with van der Waals surface area (Å²) in [5.41, 5.74) is 1.27. The van der Waals surface area contributed by atoms with Crippen molar-refractivity contribution in [2.45, 2.75) is 51.9 Å². The van der Waals surface area contributed by atoms with E-state index in [0.717, 1.165) is 47.4 Å². The lowest BCUT2D eigenvalue weighted by molar-refractivity contribution is -0.154. The second-order valence-corrected chi connectivity index (χ2v) is 10.1. The number of amides is 3. The molecule has 3 atom stereocenters. The molecule has 9 nitrogen and oxygen atoms in total. The molecule has 1 aromatic heterocycles. The van der Waals surface area contributed by atoms with Gasteiger partial charge < -0.3 is 14.8 Å². The van der Waals surface area contributed by atoms with E-state index in [9.17, 15) is 24.0 Å². The van der Waals surface area contributed by atoms with Crippen LogP contribution in [0, 0.1) is 17.8 Å². The highest BCUT2D eigenvalue weighted by Gasteiger charge is 2.48. The van der Waals surface area contributed by atoms with E-state index in [4.69, 9.17) is 9.47 Å². The van der Waals surface area contributed by atoms with Crippen LogP contribution in [-0.4, -0.2) is 54.8 Å². The zero-order valence-electron chi connectivity index (χ0n) is 18.8. The number of carbonyl (C=O) groups is 5. The van der Waals surface area contributed by atoms with Crippen LogP contribution in [-0.2, 0) is 41.5 Å². The molecule has 3 amide bonds. The molecule has 0 aromatic carbocycles. The van der Waals surface area contributed by atoms with E-state index in [-0.39, 0.29) is 23.7 Å². The van der Waals surface area contributed by atoms with E-state index in [1.165, 1.54) is 18.4 Å². The maximum atomic E-state index is 12.5. The van der Waals surface area contributed by atoms with Crippen LogP contribution in [0.5, 0.6) is 0 Å². The fraction of sp³-hybridized carbons (Fsp3) is 0.609. The molecular formula is C23H28N2O7S. The number of esters is 2. The van der Waals surface area contributed by atoms with Crippen LogP contribution in [0.15, 0.2) is 0 Å². The number of rotatable bonds is 6. The van der Waals surface area contributed by atoms with Crippen molar-refractivity contribution in [3.63, 3.8) is 0 Å². The van der Waals surface area contributed by atoms with Gasteiger partial charge in [0.2, 0.25) is 11.8 Å². The average Bonchev–Trinajstić information content (AvgIpc) is 3.27. The van der Waals surface area contributed by atoms with Crippen LogP contribution in [0.1, 0.15) is 59.8 Å². The van der Waals surface area contributed by atoms with Gasteiger partial charge in [0.25, 0.3) is 5.91 Å². The fourth-order valence-corrected chi connectivity index (χ4v) is 6.44. The fourth-order valence-electron chi connectivity index (χ4n) is 5.03. The van der Waals surface area contributed by atoms with Crippen molar-refractivity contribution < 1.29 is 33.4 Å². The van der Waals surface area contributed by atoms with Crippen LogP contribution in [0.2, 0.25) is 0 Å². The lowest BCUT2D eigenvalue weighted by atomic mass is 9.81. The number of fused-ring (bicyclic) bond motifs is 2. The summed E-state index contributed by atoms with van der Waals surface area (Å²) in [4.78, 5) is 64.0. The zero-order valence-corrected chi connectivity index (χ0v) is 19.6. The van der Waals surface area contributed by atoms with Gasteiger partial charge in [0.05, 0.1) is 24.5 Å². The summed E-state index contributed by atoms with van der Waals surface area (Å²) in [5.74, 6) is -2.78. The van der Waals surface area contributed by atoms with Gasteiger partial charge in [0.15, 0.2) is 6.61 Å². The van der Waals surface area contributed by atoms with Gasteiger partial charge in [-0.05, 0) is 43.6 Å². The molecule has 178 valence electrons. The first kappa shape index (κ1) is 23.4. The molecule has 0 radical (unpaired) electrons. The maximum absolute atomic E-state index is 12.5. The summed E-state index contributed by atoms with van der Waals surface area (Å²) in [5, 5.41) is 3.04. The second kappa shape index (κ2) is 9.62. The molecule has 2 heterocycles. The van der Waals surface area contributed by atoms with Crippen LogP contribution < -0.4 is 5.32 Å². The standard InChI is InChI=1S/C23H28N2O7S/c1-12-7-8-15-16(9-12)33-20(19(15)23(30)31-2)24-17(26)11-32-18(27)10-25-21(28)13-5-3-4-6-14(13)22(25)29/h12-14H,3-11H2,1-2H3,(H,24,26)/t12-,13-,14-/m1/s1. The number of nitrogens with zero attached hydrogens (tertiary/aromatic N) is 1. The average molecular weight is 477 g/mol. The Morgan fingerprint density at radius 2 is 1.76 bits per heavy atom. The summed E-state index contributed by atoms with van der Waals surface area (Å²) in [6.07, 6.45) is 5.64. The number of anilines is 1. The molecule has 1 aromatic rings. The topological polar surface area (TPSA) is 119 Å². The number of thiophene rings is 1. The number of imide groups is 1. The molecule has 0 bridgehead atoms. The molecular weight excluding hydrogens is 448 g/mol. The third-order valence-electron chi connectivity index (χ3n) is 6.74. The number of nitrogens with one attached hydrogen (secondary N) is 1. The third kappa shape index (κ3) is 4.66. The number of ether oxygens (including phenoxy) is 2. The van der Waals surface area contributed by atoms with Crippen molar-refractivity contribution in [1.82, 2.24) is 4.90 Å². The predicted molar refractivity (Wildman–Crippen MR) is 119 cm³/mol. The number of hydrogen-bond acceptors (Lipinski definition) is 8. The van der Waals surface area contributed by atoms with Gasteiger partial charge >= 0.3 is 11.9 Å². The number of hydrogen-bond donors (Lipinski definition) is 1. The zero-order chi connectivity index (χ0) is 23.7. The normalized spacial score (nSPS) is 24.2. The first-order valence-corrected chi connectivity index (χ1v) is 12.1. The van der Waals surface area contributed by atoms with Crippen molar-refractivity contribution in [3.8, 4) is 0 Å². The lowest BCUT2D eigenvalue weighted by Crippen LogP contribution is -2.37. The Morgan fingerprint density at radius 1 is 1.09 bits per heavy atom. The quantitative estimate of drug-likeness (QED) is 0.494. The van der Waals surface area contributed by atoms with Crippen molar-refractivity contribution in [2.75, 3.05) is 25.6 Å². The van der Waals surface area contributed by atoms with Crippen LogP contribution in [0.4, 0.5) is 5.00 Å². The molecule has 2 aliphatic carbocycles. The highest BCUT2D eigenvalue weighted by molar-refractivity contribution is 7.17. The molecule has 1 saturated carbocycles. The van der Waals surface area contributed by atoms with E-state index in [2.05, 4.69) is 12.2 Å². The van der Waals surface area contributed by atoms with Gasteiger partial charge in [0, 0.05) is 4.88 Å². The van der Waals surface area contributed by atoms with Gasteiger partial charge in [-0.2, -0.15) is 0 Å². The third-order valence-corrected chi connectivity index (χ3v) is 7.91. The molecule has 0 spiro atoms. The van der Waals surface area contributed by atoms with Crippen molar-refractivity contribution in [2.24, 2.45) is 17.8 Å². The first-order chi connectivity index (χ1) is 15.8. The molecule has 1 saturated heterocycles. The maximum Gasteiger partial charge on any atom is 0.341 e. The smallest absolute Gasteiger partial charge is 0.341 e. The van der Waals surface area contributed by atoms with Gasteiger partial charge in [-0.1, -0.05) is 19.8 Å². The van der Waals surface area contributed by atoms with Crippen molar-refractivity contribution in [3.05, 3.63) is 16.0 Å². The molecule has 1 aliphatic heterocycles. The van der Waals surface area contributed by atoms with E-state index in [1.807, 2.05) is 0 Å². The van der Waals surface area contributed by atoms with Crippen LogP contribution in [0.3, 0.4) is 0 Å². The summed E-state index contributed by atoms with van der Waals surface area (Å²) < 4.78 is 9.93. The minimum absolute atomic E-state index is 0.327. The Bertz CT molecular complexity index is 977. The summed E-state index contributed by atoms with van der Waals surface area (Å²) in [7, 11) is 1.29. The Kier molecular flexibility index (Phi) is 6.83. The predicted octanol–water partition coefficient (Wildman–Crippen LogP) is 2.32. The molecule has 0 unspecified atom stereocenters. The van der Waals surface area contributed by atoms with Crippen molar-refractivity contribution in [1.29, 1.82) is 0 Å². The Balaban J connectivity index is 1.35. The Labute approximate surface area is 195 Å². The Morgan fingerprint density at radius 3 is 2.39 bits per heavy atom. The number of likely N-dealkylation sites (tertiary alicyclic amines) is 1. The number of carbonyl (C=O) groups excluding carboxylic acids is 5. The molecule has 33 heavy (non-hydrogen) atoms. The largest absolute Gasteiger partial charge is 0.465 e. The minimum atomic E-state index is -0.821. The monoisotopic (exact) mass is 476 g/mol. The summed E-state index contributed by atoms with van der Waals surface area (Å²) in [6, 6.07) is 0. The summed E-state index contributed by atoms with van der Waals surface area (Å²) in [6.45, 7) is 1.07. The van der Waals surface area contributed by atoms with Gasteiger partial charge in [-0.25, -0.2) is 4.79 Å². The highest BCUT2D eigenvalue weighted by Crippen LogP contribution is 2.40. The lowest BCUT2D eigenvalue weighted by Gasteiger charge is -2.19. The highest BCUT2D eigenvalue weighted by atomic mass is 32.1. The SMILES string of the molecule is COC(=O)c1c(NC(=O)COC(=O)CN2C(=O)[C@@H]3CCCC[C@H]3C2=O)sc2c1CC[C@@H](C)C2. The van der Waals surface area contributed by atoms with Gasteiger partial charge in [0.1, 0.15) is 11.5 Å². The molecule has 10 heteroatoms. The molecule has 4 rings (SSSR count). The summed E-state index contributed by atoms with van der Waals surface area (Å²) >= 11 is 1.34. The van der Waals surface area contributed by atoms with E-state index in [1.54, 1.807) is 0 Å². The first-order valence-electron chi connectivity index (χ1n) is 11.3. The van der Waals surface area contributed by atoms with E-state index >= 15 is 0 Å². The van der Waals surface area contributed by atoms with Gasteiger partial charge in [-0.15, -0.1) is 11.3 Å².